The predicted octanol–water partition coefficient (Wildman–Crippen LogP) is 4.82. The third-order valence-corrected chi connectivity index (χ3v) is 3.85. The van der Waals surface area contributed by atoms with Gasteiger partial charge in [0.15, 0.2) is 0 Å². The van der Waals surface area contributed by atoms with Gasteiger partial charge in [-0.3, -0.25) is 4.79 Å². The van der Waals surface area contributed by atoms with Crippen LogP contribution in [0.4, 0.5) is 5.69 Å². The van der Waals surface area contributed by atoms with Crippen molar-refractivity contribution >= 4 is 55.1 Å². The molecule has 0 radical (unpaired) electrons. The van der Waals surface area contributed by atoms with Gasteiger partial charge in [-0.25, -0.2) is 4.98 Å². The number of carbonyl (C=O) groups is 1. The van der Waals surface area contributed by atoms with Crippen LogP contribution in [-0.4, -0.2) is 10.9 Å². The normalized spacial score (nSPS) is 10.3. The largest absolute Gasteiger partial charge is 0.321 e. The van der Waals surface area contributed by atoms with E-state index >= 15 is 0 Å². The van der Waals surface area contributed by atoms with Crippen LogP contribution in [0, 0.1) is 6.92 Å². The first kappa shape index (κ1) is 14.5. The van der Waals surface area contributed by atoms with E-state index in [9.17, 15) is 4.79 Å². The molecule has 19 heavy (non-hydrogen) atoms. The summed E-state index contributed by atoms with van der Waals surface area (Å²) in [5.74, 6) is -0.301. The number of aromatic nitrogens is 1. The van der Waals surface area contributed by atoms with Crippen molar-refractivity contribution in [2.45, 2.75) is 6.92 Å². The molecule has 6 heteroatoms. The Balaban J connectivity index is 2.30. The van der Waals surface area contributed by atoms with Crippen LogP contribution < -0.4 is 5.32 Å². The monoisotopic (exact) mass is 402 g/mol. The molecule has 1 aromatic carbocycles. The van der Waals surface area contributed by atoms with Gasteiger partial charge >= 0.3 is 0 Å². The van der Waals surface area contributed by atoms with Crippen molar-refractivity contribution in [3.05, 3.63) is 55.7 Å². The Morgan fingerprint density at radius 2 is 2.05 bits per heavy atom. The Bertz CT molecular complexity index is 647. The van der Waals surface area contributed by atoms with E-state index in [2.05, 4.69) is 42.2 Å². The zero-order chi connectivity index (χ0) is 14.0. The van der Waals surface area contributed by atoms with E-state index in [1.54, 1.807) is 12.3 Å². The number of benzene rings is 1. The highest BCUT2D eigenvalue weighted by atomic mass is 79.9. The van der Waals surface area contributed by atoms with Gasteiger partial charge in [0.1, 0.15) is 5.15 Å². The number of amides is 1. The lowest BCUT2D eigenvalue weighted by molar-refractivity contribution is 0.102. The van der Waals surface area contributed by atoms with E-state index in [0.717, 1.165) is 10.0 Å². The topological polar surface area (TPSA) is 42.0 Å². The number of nitrogens with one attached hydrogen (secondary N) is 1. The fraction of sp³-hybridized carbons (Fsp3) is 0.0769. The van der Waals surface area contributed by atoms with Crippen LogP contribution in [0.25, 0.3) is 0 Å². The Labute approximate surface area is 132 Å². The minimum Gasteiger partial charge on any atom is -0.321 e. The highest BCUT2D eigenvalue weighted by Gasteiger charge is 2.13. The Morgan fingerprint density at radius 1 is 1.32 bits per heavy atom. The first-order valence-corrected chi connectivity index (χ1v) is 7.32. The standard InChI is InChI=1S/C13H9Br2ClN2O/c1-7-2-3-10(15)11(4-7)18-13(19)9-5-8(14)6-17-12(9)16/h2-6H,1H3,(H,18,19). The summed E-state index contributed by atoms with van der Waals surface area (Å²) < 4.78 is 1.51. The molecule has 0 aliphatic rings. The molecule has 98 valence electrons. The summed E-state index contributed by atoms with van der Waals surface area (Å²) in [6.07, 6.45) is 1.54. The second-order valence-electron chi connectivity index (χ2n) is 3.93. The van der Waals surface area contributed by atoms with E-state index in [-0.39, 0.29) is 11.1 Å². The maximum Gasteiger partial charge on any atom is 0.258 e. The number of anilines is 1. The molecule has 1 amide bonds. The van der Waals surface area contributed by atoms with Crippen LogP contribution >= 0.6 is 43.5 Å². The molecule has 0 spiro atoms. The molecule has 0 unspecified atom stereocenters. The number of aryl methyl sites for hydroxylation is 1. The minimum absolute atomic E-state index is 0.171. The molecule has 1 N–H and O–H groups in total. The van der Waals surface area contributed by atoms with Crippen LogP contribution in [0.5, 0.6) is 0 Å². The number of nitrogens with zero attached hydrogens (tertiary/aromatic N) is 1. The molecule has 2 rings (SSSR count). The highest BCUT2D eigenvalue weighted by Crippen LogP contribution is 2.25. The number of carbonyl (C=O) groups excluding carboxylic acids is 1. The molecule has 0 bridgehead atoms. The van der Waals surface area contributed by atoms with Crippen LogP contribution in [0.1, 0.15) is 15.9 Å². The summed E-state index contributed by atoms with van der Waals surface area (Å²) >= 11 is 12.6. The molecule has 0 saturated heterocycles. The molecule has 1 heterocycles. The van der Waals surface area contributed by atoms with Crippen molar-refractivity contribution < 1.29 is 4.79 Å². The smallest absolute Gasteiger partial charge is 0.258 e. The first-order chi connectivity index (χ1) is 8.97. The Hall–Kier alpha value is -0.910. The number of rotatable bonds is 2. The molecule has 0 fully saturated rings. The van der Waals surface area contributed by atoms with Gasteiger partial charge < -0.3 is 5.32 Å². The van der Waals surface area contributed by atoms with Crippen molar-refractivity contribution in [2.75, 3.05) is 5.32 Å². The van der Waals surface area contributed by atoms with Crippen LogP contribution in [0.15, 0.2) is 39.4 Å². The molecule has 0 atom stereocenters. The number of halogens is 3. The highest BCUT2D eigenvalue weighted by molar-refractivity contribution is 9.10. The van der Waals surface area contributed by atoms with Crippen molar-refractivity contribution in [3.8, 4) is 0 Å². The number of pyridine rings is 1. The van der Waals surface area contributed by atoms with Crippen molar-refractivity contribution in [2.24, 2.45) is 0 Å². The van der Waals surface area contributed by atoms with Crippen LogP contribution in [-0.2, 0) is 0 Å². The molecule has 1 aromatic heterocycles. The van der Waals surface area contributed by atoms with Gasteiger partial charge in [0.05, 0.1) is 11.3 Å². The van der Waals surface area contributed by atoms with Gasteiger partial charge in [0.2, 0.25) is 0 Å². The molecule has 2 aromatic rings. The first-order valence-electron chi connectivity index (χ1n) is 5.36. The van der Waals surface area contributed by atoms with Crippen molar-refractivity contribution in [1.29, 1.82) is 0 Å². The molecule has 0 aliphatic heterocycles. The Kier molecular flexibility index (Phi) is 4.60. The van der Waals surface area contributed by atoms with Crippen LogP contribution in [0.3, 0.4) is 0 Å². The fourth-order valence-electron chi connectivity index (χ4n) is 1.51. The van der Waals surface area contributed by atoms with Gasteiger partial charge in [-0.15, -0.1) is 0 Å². The van der Waals surface area contributed by atoms with Gasteiger partial charge in [0, 0.05) is 15.1 Å². The minimum atomic E-state index is -0.301. The summed E-state index contributed by atoms with van der Waals surface area (Å²) in [6, 6.07) is 7.34. The van der Waals surface area contributed by atoms with E-state index in [1.165, 1.54) is 0 Å². The van der Waals surface area contributed by atoms with E-state index < -0.39 is 0 Å². The zero-order valence-corrected chi connectivity index (χ0v) is 13.8. The molecule has 0 aliphatic carbocycles. The van der Waals surface area contributed by atoms with Gasteiger partial charge in [0.25, 0.3) is 5.91 Å². The quantitative estimate of drug-likeness (QED) is 0.729. The lowest BCUT2D eigenvalue weighted by Gasteiger charge is -2.09. The predicted molar refractivity (Wildman–Crippen MR) is 83.8 cm³/mol. The number of hydrogen-bond acceptors (Lipinski definition) is 2. The average Bonchev–Trinajstić information content (AvgIpc) is 2.36. The Morgan fingerprint density at radius 3 is 2.79 bits per heavy atom. The molecular formula is C13H9Br2ClN2O. The summed E-state index contributed by atoms with van der Waals surface area (Å²) in [4.78, 5) is 16.1. The second-order valence-corrected chi connectivity index (χ2v) is 6.06. The lowest BCUT2D eigenvalue weighted by Crippen LogP contribution is -2.13. The SMILES string of the molecule is Cc1ccc(Br)c(NC(=O)c2cc(Br)cnc2Cl)c1. The average molecular weight is 404 g/mol. The number of hydrogen-bond donors (Lipinski definition) is 1. The zero-order valence-electron chi connectivity index (χ0n) is 9.88. The third kappa shape index (κ3) is 3.55. The second kappa shape index (κ2) is 6.03. The van der Waals surface area contributed by atoms with Gasteiger partial charge in [-0.1, -0.05) is 17.7 Å². The van der Waals surface area contributed by atoms with E-state index in [0.29, 0.717) is 15.7 Å². The summed E-state index contributed by atoms with van der Waals surface area (Å²) in [5.41, 5.74) is 2.07. The van der Waals surface area contributed by atoms with Crippen LogP contribution in [0.2, 0.25) is 5.15 Å². The van der Waals surface area contributed by atoms with Gasteiger partial charge in [-0.05, 0) is 62.5 Å². The van der Waals surface area contributed by atoms with E-state index in [1.807, 2.05) is 25.1 Å². The summed E-state index contributed by atoms with van der Waals surface area (Å²) in [5, 5.41) is 2.98. The lowest BCUT2D eigenvalue weighted by atomic mass is 10.2. The maximum atomic E-state index is 12.2. The third-order valence-electron chi connectivity index (χ3n) is 2.42. The summed E-state index contributed by atoms with van der Waals surface area (Å²) in [7, 11) is 0. The molecular weight excluding hydrogens is 395 g/mol. The maximum absolute atomic E-state index is 12.2. The van der Waals surface area contributed by atoms with Crippen molar-refractivity contribution in [1.82, 2.24) is 4.98 Å². The molecule has 0 saturated carbocycles. The summed E-state index contributed by atoms with van der Waals surface area (Å²) in [6.45, 7) is 1.95. The fourth-order valence-corrected chi connectivity index (χ4v) is 2.37. The molecule has 3 nitrogen and oxygen atoms in total. The van der Waals surface area contributed by atoms with Gasteiger partial charge in [-0.2, -0.15) is 0 Å². The van der Waals surface area contributed by atoms with Crippen molar-refractivity contribution in [3.63, 3.8) is 0 Å². The van der Waals surface area contributed by atoms with E-state index in [4.69, 9.17) is 11.6 Å².